The summed E-state index contributed by atoms with van der Waals surface area (Å²) in [5.41, 5.74) is 4.52. The summed E-state index contributed by atoms with van der Waals surface area (Å²) in [6.07, 6.45) is 2.86. The number of carbonyl (C=O) groups excluding carboxylic acids is 1. The molecule has 2 aromatic heterocycles. The summed E-state index contributed by atoms with van der Waals surface area (Å²) in [6, 6.07) is 27.0. The number of halogens is 1. The molecule has 0 spiro atoms. The molecule has 1 amide bonds. The first-order valence-electron chi connectivity index (χ1n) is 12.0. The number of hydrogen-bond acceptors (Lipinski definition) is 5. The first-order chi connectivity index (χ1) is 18.1. The normalized spacial score (nSPS) is 10.9. The lowest BCUT2D eigenvalue weighted by Gasteiger charge is -2.07. The van der Waals surface area contributed by atoms with E-state index in [1.54, 1.807) is 6.07 Å². The van der Waals surface area contributed by atoms with Gasteiger partial charge in [0, 0.05) is 40.0 Å². The van der Waals surface area contributed by atoms with Gasteiger partial charge in [-0.1, -0.05) is 70.5 Å². The number of nitrogens with one attached hydrogen (secondary N) is 1. The van der Waals surface area contributed by atoms with Gasteiger partial charge in [0.15, 0.2) is 11.5 Å². The summed E-state index contributed by atoms with van der Waals surface area (Å²) in [5, 5.41) is 11.8. The Kier molecular flexibility index (Phi) is 7.46. The minimum Gasteiger partial charge on any atom is -0.494 e. The van der Waals surface area contributed by atoms with Gasteiger partial charge in [-0.2, -0.15) is 5.10 Å². The monoisotopic (exact) mass is 556 g/mol. The Labute approximate surface area is 223 Å². The van der Waals surface area contributed by atoms with Crippen molar-refractivity contribution in [1.29, 1.82) is 0 Å². The first-order valence-corrected chi connectivity index (χ1v) is 12.8. The molecule has 0 aliphatic carbocycles. The molecule has 2 heterocycles. The molecule has 0 bridgehead atoms. The van der Waals surface area contributed by atoms with Gasteiger partial charge < -0.3 is 14.6 Å². The van der Waals surface area contributed by atoms with Crippen molar-refractivity contribution in [2.75, 3.05) is 6.61 Å². The van der Waals surface area contributed by atoms with Gasteiger partial charge in [-0.25, -0.2) is 4.68 Å². The van der Waals surface area contributed by atoms with Crippen molar-refractivity contribution < 1.29 is 14.1 Å². The van der Waals surface area contributed by atoms with Crippen molar-refractivity contribution in [1.82, 2.24) is 20.3 Å². The maximum atomic E-state index is 12.9. The van der Waals surface area contributed by atoms with Gasteiger partial charge in [-0.15, -0.1) is 0 Å². The minimum absolute atomic E-state index is 0.213. The maximum Gasteiger partial charge on any atom is 0.273 e. The molecular formula is C29H25BrN4O3. The summed E-state index contributed by atoms with van der Waals surface area (Å²) in [6.45, 7) is 2.98. The van der Waals surface area contributed by atoms with Crippen LogP contribution in [0.5, 0.6) is 5.75 Å². The quantitative estimate of drug-likeness (QED) is 0.219. The molecule has 37 heavy (non-hydrogen) atoms. The number of nitrogens with zero attached hydrogens (tertiary/aromatic N) is 3. The summed E-state index contributed by atoms with van der Waals surface area (Å²) >= 11 is 3.42. The van der Waals surface area contributed by atoms with Crippen LogP contribution in [0.3, 0.4) is 0 Å². The largest absolute Gasteiger partial charge is 0.494 e. The summed E-state index contributed by atoms with van der Waals surface area (Å²) in [7, 11) is 0. The highest BCUT2D eigenvalue weighted by molar-refractivity contribution is 9.10. The van der Waals surface area contributed by atoms with Crippen LogP contribution < -0.4 is 10.1 Å². The van der Waals surface area contributed by atoms with E-state index in [0.29, 0.717) is 12.4 Å². The van der Waals surface area contributed by atoms with E-state index < -0.39 is 0 Å². The van der Waals surface area contributed by atoms with Crippen molar-refractivity contribution in [3.8, 4) is 34.0 Å². The van der Waals surface area contributed by atoms with Gasteiger partial charge in [-0.05, 0) is 42.8 Å². The van der Waals surface area contributed by atoms with E-state index in [0.717, 1.165) is 44.7 Å². The van der Waals surface area contributed by atoms with Crippen LogP contribution >= 0.6 is 15.9 Å². The predicted octanol–water partition coefficient (Wildman–Crippen LogP) is 6.68. The molecule has 8 heteroatoms. The molecular weight excluding hydrogens is 532 g/mol. The van der Waals surface area contributed by atoms with E-state index in [2.05, 4.69) is 33.3 Å². The van der Waals surface area contributed by atoms with Gasteiger partial charge in [0.25, 0.3) is 5.91 Å². The van der Waals surface area contributed by atoms with Crippen LogP contribution in [0.15, 0.2) is 100 Å². The molecule has 0 aliphatic heterocycles. The van der Waals surface area contributed by atoms with E-state index in [1.165, 1.54) is 0 Å². The van der Waals surface area contributed by atoms with Crippen molar-refractivity contribution >= 4 is 21.8 Å². The number of hydrogen-bond donors (Lipinski definition) is 1. The molecule has 0 saturated carbocycles. The zero-order chi connectivity index (χ0) is 25.6. The van der Waals surface area contributed by atoms with Crippen LogP contribution in [0.1, 0.15) is 29.4 Å². The highest BCUT2D eigenvalue weighted by atomic mass is 79.9. The smallest absolute Gasteiger partial charge is 0.273 e. The second kappa shape index (κ2) is 11.3. The lowest BCUT2D eigenvalue weighted by atomic mass is 10.1. The van der Waals surface area contributed by atoms with Gasteiger partial charge in [0.2, 0.25) is 0 Å². The standard InChI is InChI=1S/C29H25BrN4O3/c1-2-15-36-25-10-6-7-21(16-25)28-22(19-34(32-28)24-8-4-3-5-9-24)18-31-29(35)26-17-27(37-33-26)20-11-13-23(30)14-12-20/h3-14,16-17,19H,2,15,18H2,1H3,(H,31,35). The molecule has 7 nitrogen and oxygen atoms in total. The summed E-state index contributed by atoms with van der Waals surface area (Å²) in [4.78, 5) is 12.9. The van der Waals surface area contributed by atoms with Crippen molar-refractivity contribution in [2.45, 2.75) is 19.9 Å². The lowest BCUT2D eigenvalue weighted by Crippen LogP contribution is -2.23. The molecule has 5 aromatic rings. The van der Waals surface area contributed by atoms with E-state index in [-0.39, 0.29) is 18.1 Å². The van der Waals surface area contributed by atoms with Crippen molar-refractivity contribution in [3.05, 3.63) is 107 Å². The Morgan fingerprint density at radius 3 is 2.59 bits per heavy atom. The third kappa shape index (κ3) is 5.81. The highest BCUT2D eigenvalue weighted by Gasteiger charge is 2.17. The van der Waals surface area contributed by atoms with E-state index in [4.69, 9.17) is 14.4 Å². The zero-order valence-electron chi connectivity index (χ0n) is 20.2. The molecule has 0 radical (unpaired) electrons. The van der Waals surface area contributed by atoms with Gasteiger partial charge in [0.1, 0.15) is 5.75 Å². The van der Waals surface area contributed by atoms with E-state index in [1.807, 2.05) is 89.7 Å². The Balaban J connectivity index is 1.39. The number of ether oxygens (including phenoxy) is 1. The second-order valence-corrected chi connectivity index (χ2v) is 9.34. The molecule has 1 N–H and O–H groups in total. The average molecular weight is 557 g/mol. The summed E-state index contributed by atoms with van der Waals surface area (Å²) in [5.74, 6) is 0.983. The van der Waals surface area contributed by atoms with Gasteiger partial charge in [-0.3, -0.25) is 4.79 Å². The number of rotatable bonds is 9. The fourth-order valence-corrected chi connectivity index (χ4v) is 4.11. The molecule has 5 rings (SSSR count). The third-order valence-electron chi connectivity index (χ3n) is 5.70. The highest BCUT2D eigenvalue weighted by Crippen LogP contribution is 2.28. The molecule has 186 valence electrons. The van der Waals surface area contributed by atoms with Gasteiger partial charge >= 0.3 is 0 Å². The number of carbonyl (C=O) groups is 1. The average Bonchev–Trinajstić information content (AvgIpc) is 3.60. The van der Waals surface area contributed by atoms with Crippen LogP contribution in [0.4, 0.5) is 0 Å². The number of para-hydroxylation sites is 1. The molecule has 0 saturated heterocycles. The van der Waals surface area contributed by atoms with Crippen LogP contribution in [-0.2, 0) is 6.54 Å². The van der Waals surface area contributed by atoms with E-state index in [9.17, 15) is 4.79 Å². The zero-order valence-corrected chi connectivity index (χ0v) is 21.8. The summed E-state index contributed by atoms with van der Waals surface area (Å²) < 4.78 is 14.0. The van der Waals surface area contributed by atoms with Gasteiger partial charge in [0.05, 0.1) is 18.0 Å². The second-order valence-electron chi connectivity index (χ2n) is 8.43. The molecule has 0 fully saturated rings. The number of aromatic nitrogens is 3. The SMILES string of the molecule is CCCOc1cccc(-c2nn(-c3ccccc3)cc2CNC(=O)c2cc(-c3ccc(Br)cc3)on2)c1. The molecule has 3 aromatic carbocycles. The lowest BCUT2D eigenvalue weighted by molar-refractivity contribution is 0.0942. The predicted molar refractivity (Wildman–Crippen MR) is 146 cm³/mol. The first kappa shape index (κ1) is 24.5. The fraction of sp³-hybridized carbons (Fsp3) is 0.138. The molecule has 0 unspecified atom stereocenters. The Hall–Kier alpha value is -4.17. The number of benzene rings is 3. The van der Waals surface area contributed by atoms with E-state index >= 15 is 0 Å². The van der Waals surface area contributed by atoms with Crippen molar-refractivity contribution in [3.63, 3.8) is 0 Å². The molecule has 0 atom stereocenters. The third-order valence-corrected chi connectivity index (χ3v) is 6.23. The van der Waals surface area contributed by atoms with Crippen LogP contribution in [0, 0.1) is 0 Å². The van der Waals surface area contributed by atoms with Crippen molar-refractivity contribution in [2.24, 2.45) is 0 Å². The van der Waals surface area contributed by atoms with Crippen LogP contribution in [0.25, 0.3) is 28.3 Å². The Morgan fingerprint density at radius 2 is 1.81 bits per heavy atom. The minimum atomic E-state index is -0.328. The Bertz CT molecular complexity index is 1490. The van der Waals surface area contributed by atoms with Crippen LogP contribution in [-0.4, -0.2) is 27.5 Å². The molecule has 0 aliphatic rings. The fourth-order valence-electron chi connectivity index (χ4n) is 3.85. The maximum absolute atomic E-state index is 12.9. The Morgan fingerprint density at radius 1 is 1.00 bits per heavy atom. The topological polar surface area (TPSA) is 82.2 Å². The van der Waals surface area contributed by atoms with Crippen LogP contribution in [0.2, 0.25) is 0 Å². The number of amides is 1.